The van der Waals surface area contributed by atoms with Crippen molar-refractivity contribution in [2.24, 2.45) is 0 Å². The van der Waals surface area contributed by atoms with Gasteiger partial charge in [0.2, 0.25) is 5.91 Å². The topological polar surface area (TPSA) is 78.4 Å². The van der Waals surface area contributed by atoms with E-state index in [4.69, 9.17) is 11.6 Å². The fourth-order valence-corrected chi connectivity index (χ4v) is 2.21. The molecule has 0 aliphatic heterocycles. The number of carbonyl (C=O) groups is 2. The minimum absolute atomic E-state index is 0.0422. The number of phenolic OH excluding ortho intramolecular Hbond substituents is 1. The Kier molecular flexibility index (Phi) is 5.18. The molecule has 5 nitrogen and oxygen atoms in total. The van der Waals surface area contributed by atoms with E-state index in [1.165, 1.54) is 18.2 Å². The summed E-state index contributed by atoms with van der Waals surface area (Å²) in [5.41, 5.74) is 0.609. The van der Waals surface area contributed by atoms with Crippen LogP contribution in [0.3, 0.4) is 0 Å². The normalized spacial score (nSPS) is 10.2. The van der Waals surface area contributed by atoms with Crippen LogP contribution in [0.25, 0.3) is 0 Å². The van der Waals surface area contributed by atoms with Gasteiger partial charge in [0.1, 0.15) is 11.6 Å². The summed E-state index contributed by atoms with van der Waals surface area (Å²) < 4.78 is 13.6. The third-order valence-corrected chi connectivity index (χ3v) is 3.43. The predicted octanol–water partition coefficient (Wildman–Crippen LogP) is 2.86. The highest BCUT2D eigenvalue weighted by Gasteiger charge is 2.17. The lowest BCUT2D eigenvalue weighted by molar-refractivity contribution is -0.115. The molecule has 0 aromatic heterocycles. The van der Waals surface area contributed by atoms with Crippen LogP contribution in [0.2, 0.25) is 5.02 Å². The van der Waals surface area contributed by atoms with Crippen molar-refractivity contribution in [2.75, 3.05) is 11.9 Å². The number of rotatable bonds is 4. The number of amides is 2. The number of benzene rings is 2. The molecule has 23 heavy (non-hydrogen) atoms. The molecular formula is C16H14ClFN2O3. The van der Waals surface area contributed by atoms with Crippen LogP contribution in [0.1, 0.15) is 15.9 Å². The Morgan fingerprint density at radius 1 is 1.22 bits per heavy atom. The van der Waals surface area contributed by atoms with Crippen LogP contribution in [0.4, 0.5) is 10.1 Å². The molecule has 120 valence electrons. The average Bonchev–Trinajstić information content (AvgIpc) is 2.49. The Bertz CT molecular complexity index is 724. The summed E-state index contributed by atoms with van der Waals surface area (Å²) in [6, 6.07) is 8.65. The van der Waals surface area contributed by atoms with Crippen LogP contribution in [-0.2, 0) is 4.79 Å². The number of carbonyl (C=O) groups excluding carboxylic acids is 2. The molecule has 0 atom stereocenters. The molecule has 2 aromatic rings. The second kappa shape index (κ2) is 7.11. The highest BCUT2D eigenvalue weighted by atomic mass is 35.5. The summed E-state index contributed by atoms with van der Waals surface area (Å²) in [6.45, 7) is 1.32. The van der Waals surface area contributed by atoms with Gasteiger partial charge in [0, 0.05) is 0 Å². The Balaban J connectivity index is 2.01. The molecule has 0 fully saturated rings. The summed E-state index contributed by atoms with van der Waals surface area (Å²) >= 11 is 5.78. The van der Waals surface area contributed by atoms with E-state index in [0.717, 1.165) is 6.07 Å². The van der Waals surface area contributed by atoms with Gasteiger partial charge >= 0.3 is 0 Å². The number of aryl methyl sites for hydroxylation is 1. The first-order valence-electron chi connectivity index (χ1n) is 6.70. The lowest BCUT2D eigenvalue weighted by Crippen LogP contribution is -2.33. The zero-order valence-electron chi connectivity index (χ0n) is 12.2. The minimum atomic E-state index is -0.794. The zero-order chi connectivity index (χ0) is 17.0. The second-order valence-electron chi connectivity index (χ2n) is 4.80. The van der Waals surface area contributed by atoms with E-state index in [0.29, 0.717) is 5.56 Å². The van der Waals surface area contributed by atoms with Gasteiger partial charge in [-0.25, -0.2) is 4.39 Å². The maximum atomic E-state index is 13.6. The minimum Gasteiger partial charge on any atom is -0.506 e. The first-order valence-corrected chi connectivity index (χ1v) is 7.08. The van der Waals surface area contributed by atoms with Gasteiger partial charge in [-0.1, -0.05) is 29.8 Å². The van der Waals surface area contributed by atoms with Crippen LogP contribution in [-0.4, -0.2) is 23.5 Å². The van der Waals surface area contributed by atoms with Gasteiger partial charge in [0.25, 0.3) is 5.91 Å². The summed E-state index contributed by atoms with van der Waals surface area (Å²) in [7, 11) is 0. The molecule has 0 unspecified atom stereocenters. The van der Waals surface area contributed by atoms with Crippen molar-refractivity contribution < 1.29 is 19.1 Å². The Labute approximate surface area is 137 Å². The fraction of sp³-hybridized carbons (Fsp3) is 0.125. The van der Waals surface area contributed by atoms with Gasteiger partial charge in [0.15, 0.2) is 0 Å². The highest BCUT2D eigenvalue weighted by molar-refractivity contribution is 6.33. The van der Waals surface area contributed by atoms with Gasteiger partial charge in [-0.3, -0.25) is 9.59 Å². The molecule has 0 radical (unpaired) electrons. The fourth-order valence-electron chi connectivity index (χ4n) is 1.96. The Hall–Kier alpha value is -2.60. The van der Waals surface area contributed by atoms with Gasteiger partial charge in [-0.05, 0) is 30.7 Å². The molecule has 0 spiro atoms. The maximum absolute atomic E-state index is 13.6. The number of aromatic hydroxyl groups is 1. The van der Waals surface area contributed by atoms with Gasteiger partial charge in [-0.15, -0.1) is 0 Å². The van der Waals surface area contributed by atoms with Crippen molar-refractivity contribution in [1.82, 2.24) is 5.32 Å². The Morgan fingerprint density at radius 2 is 1.91 bits per heavy atom. The third kappa shape index (κ3) is 3.98. The molecule has 7 heteroatoms. The monoisotopic (exact) mass is 336 g/mol. The van der Waals surface area contributed by atoms with Crippen LogP contribution in [0.5, 0.6) is 5.75 Å². The van der Waals surface area contributed by atoms with E-state index in [1.54, 1.807) is 19.1 Å². The lowest BCUT2D eigenvalue weighted by atomic mass is 10.2. The number of hydrogen-bond donors (Lipinski definition) is 3. The van der Waals surface area contributed by atoms with Crippen molar-refractivity contribution in [3.63, 3.8) is 0 Å². The first-order chi connectivity index (χ1) is 10.9. The van der Waals surface area contributed by atoms with E-state index >= 15 is 0 Å². The molecular weight excluding hydrogens is 323 g/mol. The van der Waals surface area contributed by atoms with Gasteiger partial charge in [0.05, 0.1) is 22.8 Å². The molecule has 0 aliphatic carbocycles. The number of para-hydroxylation sites is 1. The molecule has 2 aromatic carbocycles. The summed E-state index contributed by atoms with van der Waals surface area (Å²) in [6.07, 6.45) is 0. The largest absolute Gasteiger partial charge is 0.506 e. The summed E-state index contributed by atoms with van der Waals surface area (Å²) in [5, 5.41) is 14.4. The molecule has 0 saturated heterocycles. The standard InChI is InChI=1S/C16H14ClFN2O3/c1-9-4-2-7-12(21)15(9)20-13(22)8-19-16(23)14-10(17)5-3-6-11(14)18/h2-7,21H,8H2,1H3,(H,19,23)(H,20,22). The van der Waals surface area contributed by atoms with E-state index in [-0.39, 0.29) is 22.0 Å². The molecule has 2 amide bonds. The van der Waals surface area contributed by atoms with Crippen LogP contribution >= 0.6 is 11.6 Å². The SMILES string of the molecule is Cc1cccc(O)c1NC(=O)CNC(=O)c1c(F)cccc1Cl. The molecule has 0 bridgehead atoms. The lowest BCUT2D eigenvalue weighted by Gasteiger charge is -2.11. The Morgan fingerprint density at radius 3 is 2.57 bits per heavy atom. The number of anilines is 1. The molecule has 0 heterocycles. The summed E-state index contributed by atoms with van der Waals surface area (Å²) in [5.74, 6) is -2.21. The molecule has 3 N–H and O–H groups in total. The van der Waals surface area contributed by atoms with Gasteiger partial charge < -0.3 is 15.7 Å². The smallest absolute Gasteiger partial charge is 0.256 e. The van der Waals surface area contributed by atoms with E-state index in [1.807, 2.05) is 0 Å². The van der Waals surface area contributed by atoms with Gasteiger partial charge in [-0.2, -0.15) is 0 Å². The van der Waals surface area contributed by atoms with Crippen LogP contribution in [0, 0.1) is 12.7 Å². The van der Waals surface area contributed by atoms with Crippen molar-refractivity contribution >= 4 is 29.1 Å². The highest BCUT2D eigenvalue weighted by Crippen LogP contribution is 2.26. The second-order valence-corrected chi connectivity index (χ2v) is 5.20. The van der Waals surface area contributed by atoms with Crippen LogP contribution in [0.15, 0.2) is 36.4 Å². The number of hydrogen-bond acceptors (Lipinski definition) is 3. The predicted molar refractivity (Wildman–Crippen MR) is 85.2 cm³/mol. The number of nitrogens with one attached hydrogen (secondary N) is 2. The summed E-state index contributed by atoms with van der Waals surface area (Å²) in [4.78, 5) is 23.8. The van der Waals surface area contributed by atoms with Crippen LogP contribution < -0.4 is 10.6 Å². The number of phenols is 1. The van der Waals surface area contributed by atoms with Crippen molar-refractivity contribution in [3.05, 3.63) is 58.4 Å². The average molecular weight is 337 g/mol. The molecule has 0 saturated carbocycles. The van der Waals surface area contributed by atoms with E-state index < -0.39 is 24.2 Å². The van der Waals surface area contributed by atoms with Crippen molar-refractivity contribution in [1.29, 1.82) is 0 Å². The quantitative estimate of drug-likeness (QED) is 0.751. The van der Waals surface area contributed by atoms with Crippen molar-refractivity contribution in [3.8, 4) is 5.75 Å². The van der Waals surface area contributed by atoms with E-state index in [9.17, 15) is 19.1 Å². The first kappa shape index (κ1) is 16.8. The zero-order valence-corrected chi connectivity index (χ0v) is 12.9. The van der Waals surface area contributed by atoms with Crippen molar-refractivity contribution in [2.45, 2.75) is 6.92 Å². The van der Waals surface area contributed by atoms with E-state index in [2.05, 4.69) is 10.6 Å². The third-order valence-electron chi connectivity index (χ3n) is 3.11. The number of halogens is 2. The maximum Gasteiger partial charge on any atom is 0.256 e. The molecule has 2 rings (SSSR count). The molecule has 0 aliphatic rings.